The third-order valence-electron chi connectivity index (χ3n) is 5.17. The smallest absolute Gasteiger partial charge is 0.260 e. The van der Waals surface area contributed by atoms with Crippen LogP contribution in [0.25, 0.3) is 0 Å². The van der Waals surface area contributed by atoms with E-state index in [-0.39, 0.29) is 30.4 Å². The van der Waals surface area contributed by atoms with Crippen molar-refractivity contribution < 1.29 is 13.9 Å². The molecule has 1 aliphatic rings. The zero-order valence-corrected chi connectivity index (χ0v) is 18.1. The molecule has 28 heavy (non-hydrogen) atoms. The van der Waals surface area contributed by atoms with Crippen LogP contribution < -0.4 is 4.74 Å². The molecule has 0 aliphatic carbocycles. The van der Waals surface area contributed by atoms with Crippen molar-refractivity contribution >= 4 is 21.8 Å². The van der Waals surface area contributed by atoms with Gasteiger partial charge < -0.3 is 9.64 Å². The second kappa shape index (κ2) is 9.05. The Bertz CT molecular complexity index is 828. The first kappa shape index (κ1) is 20.8. The van der Waals surface area contributed by atoms with Crippen LogP contribution in [0.2, 0.25) is 0 Å². The molecule has 0 N–H and O–H groups in total. The van der Waals surface area contributed by atoms with E-state index in [1.165, 1.54) is 12.1 Å². The van der Waals surface area contributed by atoms with Gasteiger partial charge in [-0.1, -0.05) is 18.2 Å². The predicted octanol–water partition coefficient (Wildman–Crippen LogP) is 4.40. The fourth-order valence-corrected chi connectivity index (χ4v) is 4.14. The van der Waals surface area contributed by atoms with Crippen molar-refractivity contribution in [1.29, 1.82) is 0 Å². The van der Waals surface area contributed by atoms with E-state index in [4.69, 9.17) is 4.74 Å². The summed E-state index contributed by atoms with van der Waals surface area (Å²) in [4.78, 5) is 17.0. The molecule has 0 bridgehead atoms. The van der Waals surface area contributed by atoms with Crippen molar-refractivity contribution in [3.8, 4) is 5.75 Å². The highest BCUT2D eigenvalue weighted by Gasteiger charge is 2.32. The van der Waals surface area contributed by atoms with Gasteiger partial charge in [-0.3, -0.25) is 9.69 Å². The SMILES string of the molecule is Cc1ccc(OCC(=O)N2C[C@@H](C)N(Cc3ccc(F)cc3)C[C@@H]2C)c(Br)c1. The summed E-state index contributed by atoms with van der Waals surface area (Å²) in [5, 5.41) is 0. The van der Waals surface area contributed by atoms with Gasteiger partial charge >= 0.3 is 0 Å². The maximum absolute atomic E-state index is 13.1. The zero-order chi connectivity index (χ0) is 20.3. The van der Waals surface area contributed by atoms with Crippen LogP contribution in [0.15, 0.2) is 46.9 Å². The number of ether oxygens (including phenoxy) is 1. The van der Waals surface area contributed by atoms with Gasteiger partial charge in [0, 0.05) is 31.7 Å². The number of hydrogen-bond donors (Lipinski definition) is 0. The quantitative estimate of drug-likeness (QED) is 0.679. The Balaban J connectivity index is 1.57. The second-order valence-corrected chi connectivity index (χ2v) is 8.38. The van der Waals surface area contributed by atoms with E-state index in [0.717, 1.165) is 28.7 Å². The first-order valence-electron chi connectivity index (χ1n) is 9.50. The third kappa shape index (κ3) is 5.11. The zero-order valence-electron chi connectivity index (χ0n) is 16.5. The summed E-state index contributed by atoms with van der Waals surface area (Å²) < 4.78 is 19.7. The minimum atomic E-state index is -0.221. The summed E-state index contributed by atoms with van der Waals surface area (Å²) in [6, 6.07) is 12.7. The Kier molecular flexibility index (Phi) is 6.73. The van der Waals surface area contributed by atoms with Gasteiger partial charge in [0.2, 0.25) is 0 Å². The molecule has 4 nitrogen and oxygen atoms in total. The van der Waals surface area contributed by atoms with Crippen LogP contribution in [-0.4, -0.2) is 47.5 Å². The average Bonchev–Trinajstić information content (AvgIpc) is 2.65. The lowest BCUT2D eigenvalue weighted by atomic mass is 10.1. The summed E-state index contributed by atoms with van der Waals surface area (Å²) in [7, 11) is 0. The summed E-state index contributed by atoms with van der Waals surface area (Å²) in [6.07, 6.45) is 0. The number of rotatable bonds is 5. The van der Waals surface area contributed by atoms with E-state index in [2.05, 4.69) is 34.7 Å². The molecule has 150 valence electrons. The first-order chi connectivity index (χ1) is 13.3. The van der Waals surface area contributed by atoms with E-state index in [0.29, 0.717) is 12.3 Å². The Morgan fingerprint density at radius 3 is 2.54 bits per heavy atom. The molecule has 2 atom stereocenters. The molecule has 1 heterocycles. The Hall–Kier alpha value is -1.92. The third-order valence-corrected chi connectivity index (χ3v) is 5.79. The molecule has 0 aromatic heterocycles. The van der Waals surface area contributed by atoms with Gasteiger partial charge in [-0.05, 0) is 72.1 Å². The number of carbonyl (C=O) groups excluding carboxylic acids is 1. The van der Waals surface area contributed by atoms with Crippen molar-refractivity contribution in [3.63, 3.8) is 0 Å². The van der Waals surface area contributed by atoms with Gasteiger partial charge in [0.1, 0.15) is 11.6 Å². The molecule has 1 aliphatic heterocycles. The van der Waals surface area contributed by atoms with E-state index in [1.54, 1.807) is 0 Å². The molecule has 0 unspecified atom stereocenters. The Labute approximate surface area is 174 Å². The lowest BCUT2D eigenvalue weighted by Crippen LogP contribution is -2.58. The molecule has 3 rings (SSSR count). The van der Waals surface area contributed by atoms with Crippen LogP contribution >= 0.6 is 15.9 Å². The summed E-state index contributed by atoms with van der Waals surface area (Å²) in [6.45, 7) is 8.39. The van der Waals surface area contributed by atoms with Crippen molar-refractivity contribution in [2.24, 2.45) is 0 Å². The fourth-order valence-electron chi connectivity index (χ4n) is 3.54. The van der Waals surface area contributed by atoms with Crippen molar-refractivity contribution in [2.45, 2.75) is 39.4 Å². The number of amides is 1. The van der Waals surface area contributed by atoms with E-state index < -0.39 is 0 Å². The van der Waals surface area contributed by atoms with Crippen LogP contribution in [0.5, 0.6) is 5.75 Å². The van der Waals surface area contributed by atoms with E-state index in [1.807, 2.05) is 42.2 Å². The Morgan fingerprint density at radius 1 is 1.14 bits per heavy atom. The highest BCUT2D eigenvalue weighted by atomic mass is 79.9. The van der Waals surface area contributed by atoms with Crippen LogP contribution in [0, 0.1) is 12.7 Å². The van der Waals surface area contributed by atoms with E-state index in [9.17, 15) is 9.18 Å². The molecule has 0 spiro atoms. The molecule has 2 aromatic carbocycles. The minimum absolute atomic E-state index is 0.00624. The molecule has 1 fully saturated rings. The molecule has 2 aromatic rings. The van der Waals surface area contributed by atoms with Gasteiger partial charge in [-0.15, -0.1) is 0 Å². The highest BCUT2D eigenvalue weighted by Crippen LogP contribution is 2.26. The number of hydrogen-bond acceptors (Lipinski definition) is 3. The maximum atomic E-state index is 13.1. The number of benzene rings is 2. The molecular formula is C22H26BrFN2O2. The molecule has 1 amide bonds. The van der Waals surface area contributed by atoms with Gasteiger partial charge in [0.05, 0.1) is 4.47 Å². The predicted molar refractivity (Wildman–Crippen MR) is 112 cm³/mol. The summed E-state index contributed by atoms with van der Waals surface area (Å²) in [5.41, 5.74) is 2.21. The van der Waals surface area contributed by atoms with Crippen molar-refractivity contribution in [3.05, 3.63) is 63.9 Å². The molecule has 0 saturated carbocycles. The number of aryl methyl sites for hydroxylation is 1. The Morgan fingerprint density at radius 2 is 1.86 bits per heavy atom. The summed E-state index contributed by atoms with van der Waals surface area (Å²) >= 11 is 3.48. The van der Waals surface area contributed by atoms with E-state index >= 15 is 0 Å². The second-order valence-electron chi connectivity index (χ2n) is 7.52. The van der Waals surface area contributed by atoms with Gasteiger partial charge in [-0.2, -0.15) is 0 Å². The van der Waals surface area contributed by atoms with Crippen LogP contribution in [0.3, 0.4) is 0 Å². The maximum Gasteiger partial charge on any atom is 0.260 e. The normalized spacial score (nSPS) is 20.2. The van der Waals surface area contributed by atoms with Crippen LogP contribution in [0.1, 0.15) is 25.0 Å². The number of carbonyl (C=O) groups is 1. The van der Waals surface area contributed by atoms with Gasteiger partial charge in [0.15, 0.2) is 6.61 Å². The molecular weight excluding hydrogens is 423 g/mol. The average molecular weight is 449 g/mol. The molecule has 6 heteroatoms. The number of nitrogens with zero attached hydrogens (tertiary/aromatic N) is 2. The fraction of sp³-hybridized carbons (Fsp3) is 0.409. The number of piperazine rings is 1. The monoisotopic (exact) mass is 448 g/mol. The standard InChI is InChI=1S/C22H26BrFN2O2/c1-15-4-9-21(20(23)10-15)28-14-22(27)26-12-16(2)25(11-17(26)3)13-18-5-7-19(24)8-6-18/h4-10,16-17H,11-14H2,1-3H3/t16-,17+/m1/s1. The highest BCUT2D eigenvalue weighted by molar-refractivity contribution is 9.10. The lowest BCUT2D eigenvalue weighted by molar-refractivity contribution is -0.139. The largest absolute Gasteiger partial charge is 0.483 e. The molecule has 1 saturated heterocycles. The van der Waals surface area contributed by atoms with Gasteiger partial charge in [0.25, 0.3) is 5.91 Å². The van der Waals surface area contributed by atoms with Crippen molar-refractivity contribution in [2.75, 3.05) is 19.7 Å². The topological polar surface area (TPSA) is 32.8 Å². The first-order valence-corrected chi connectivity index (χ1v) is 10.3. The molecule has 0 radical (unpaired) electrons. The van der Waals surface area contributed by atoms with Crippen LogP contribution in [0.4, 0.5) is 4.39 Å². The summed E-state index contributed by atoms with van der Waals surface area (Å²) in [5.74, 6) is 0.448. The van der Waals surface area contributed by atoms with Crippen molar-refractivity contribution in [1.82, 2.24) is 9.80 Å². The lowest BCUT2D eigenvalue weighted by Gasteiger charge is -2.44. The van der Waals surface area contributed by atoms with Gasteiger partial charge in [-0.25, -0.2) is 4.39 Å². The van der Waals surface area contributed by atoms with Crippen LogP contribution in [-0.2, 0) is 11.3 Å². The number of halogens is 2. The minimum Gasteiger partial charge on any atom is -0.483 e.